The third kappa shape index (κ3) is 3.04. The van der Waals surface area contributed by atoms with E-state index < -0.39 is 0 Å². The normalized spacial score (nSPS) is 6.30. The van der Waals surface area contributed by atoms with Gasteiger partial charge in [-0.05, 0) is 12.1 Å². The van der Waals surface area contributed by atoms with Gasteiger partial charge in [0.05, 0.1) is 0 Å². The Morgan fingerprint density at radius 3 is 1.80 bits per heavy atom. The molecule has 1 rings (SSSR count). The lowest BCUT2D eigenvalue weighted by Crippen LogP contribution is -1.66. The Morgan fingerprint density at radius 1 is 1.00 bits per heavy atom. The average molecular weight is 124 g/mol. The van der Waals surface area contributed by atoms with Crippen molar-refractivity contribution in [3.05, 3.63) is 35.9 Å². The second kappa shape index (κ2) is 6.04. The number of hydrogen-bond donors (Lipinski definition) is 0. The summed E-state index contributed by atoms with van der Waals surface area (Å²) >= 11 is 0. The Bertz CT molecular complexity index is 198. The first-order valence-corrected chi connectivity index (χ1v) is 2.45. The maximum Gasteiger partial charge on any atom is 0.0242 e. The van der Waals surface area contributed by atoms with Crippen molar-refractivity contribution in [3.8, 4) is 12.3 Å². The molecule has 1 aromatic carbocycles. The lowest BCUT2D eigenvalue weighted by Gasteiger charge is -1.82. The standard InChI is InChI=1S/C8H6.2B/c1-2-8-6-4-3-5-7-8;;/h1,3-7H;;. The van der Waals surface area contributed by atoms with Crippen LogP contribution < -0.4 is 0 Å². The van der Waals surface area contributed by atoms with Gasteiger partial charge in [0.15, 0.2) is 0 Å². The molecule has 0 heterocycles. The van der Waals surface area contributed by atoms with E-state index in [9.17, 15) is 0 Å². The van der Waals surface area contributed by atoms with Gasteiger partial charge in [0, 0.05) is 22.4 Å². The summed E-state index contributed by atoms with van der Waals surface area (Å²) in [6.45, 7) is 0. The first-order chi connectivity index (χ1) is 3.93. The summed E-state index contributed by atoms with van der Waals surface area (Å²) in [6.07, 6.45) is 5.10. The van der Waals surface area contributed by atoms with Crippen LogP contribution in [0.1, 0.15) is 5.56 Å². The molecule has 44 valence electrons. The molecule has 1 aromatic rings. The van der Waals surface area contributed by atoms with Gasteiger partial charge in [-0.3, -0.25) is 0 Å². The van der Waals surface area contributed by atoms with Gasteiger partial charge in [-0.25, -0.2) is 0 Å². The highest BCUT2D eigenvalue weighted by atomic mass is 13.8. The molecular weight excluding hydrogens is 118 g/mol. The van der Waals surface area contributed by atoms with Crippen molar-refractivity contribution < 1.29 is 0 Å². The maximum absolute atomic E-state index is 5.10. The van der Waals surface area contributed by atoms with E-state index in [4.69, 9.17) is 6.42 Å². The number of hydrogen-bond acceptors (Lipinski definition) is 0. The highest BCUT2D eigenvalue weighted by molar-refractivity contribution is 5.76. The Kier molecular flexibility index (Phi) is 7.05. The van der Waals surface area contributed by atoms with Gasteiger partial charge >= 0.3 is 0 Å². The first-order valence-electron chi connectivity index (χ1n) is 2.45. The molecule has 0 aliphatic heterocycles. The molecule has 0 fully saturated rings. The van der Waals surface area contributed by atoms with Crippen LogP contribution in [-0.4, -0.2) is 16.8 Å². The van der Waals surface area contributed by atoms with Crippen LogP contribution in [0.15, 0.2) is 30.3 Å². The predicted octanol–water partition coefficient (Wildman–Crippen LogP) is 0.906. The average Bonchev–Trinajstić information content (AvgIpc) is 1.90. The minimum absolute atomic E-state index is 0. The van der Waals surface area contributed by atoms with Gasteiger partial charge in [0.1, 0.15) is 0 Å². The molecule has 0 bridgehead atoms. The second-order valence-corrected chi connectivity index (χ2v) is 1.51. The Balaban J connectivity index is 0. The van der Waals surface area contributed by atoms with E-state index in [0.29, 0.717) is 0 Å². The molecule has 0 atom stereocenters. The summed E-state index contributed by atoms with van der Waals surface area (Å²) in [5, 5.41) is 0. The summed E-state index contributed by atoms with van der Waals surface area (Å²) in [4.78, 5) is 0. The summed E-state index contributed by atoms with van der Waals surface area (Å²) in [5.41, 5.74) is 0.938. The molecule has 0 saturated carbocycles. The van der Waals surface area contributed by atoms with Crippen LogP contribution in [-0.2, 0) is 0 Å². The monoisotopic (exact) mass is 124 g/mol. The fourth-order valence-corrected chi connectivity index (χ4v) is 0.534. The van der Waals surface area contributed by atoms with Gasteiger partial charge in [0.25, 0.3) is 0 Å². The van der Waals surface area contributed by atoms with Crippen LogP contribution in [0.4, 0.5) is 0 Å². The molecule has 0 amide bonds. The van der Waals surface area contributed by atoms with E-state index in [2.05, 4.69) is 5.92 Å². The SMILES string of the molecule is C#Cc1ccccc1.[B].[B]. The zero-order chi connectivity index (χ0) is 5.82. The summed E-state index contributed by atoms with van der Waals surface area (Å²) in [6, 6.07) is 9.60. The van der Waals surface area contributed by atoms with Gasteiger partial charge < -0.3 is 0 Å². The minimum atomic E-state index is 0. The van der Waals surface area contributed by atoms with Crippen LogP contribution in [0.5, 0.6) is 0 Å². The first kappa shape index (κ1) is 11.7. The molecule has 0 N–H and O–H groups in total. The molecule has 0 spiro atoms. The molecular formula is C8H6B2. The molecule has 10 heavy (non-hydrogen) atoms. The number of rotatable bonds is 0. The Morgan fingerprint density at radius 2 is 1.50 bits per heavy atom. The number of benzene rings is 1. The number of terminal acetylenes is 1. The van der Waals surface area contributed by atoms with Gasteiger partial charge in [0.2, 0.25) is 0 Å². The highest BCUT2D eigenvalue weighted by Gasteiger charge is 1.76. The van der Waals surface area contributed by atoms with Crippen molar-refractivity contribution in [1.29, 1.82) is 0 Å². The zero-order valence-electron chi connectivity index (χ0n) is 5.62. The molecule has 0 aliphatic rings. The van der Waals surface area contributed by atoms with E-state index in [-0.39, 0.29) is 16.8 Å². The summed E-state index contributed by atoms with van der Waals surface area (Å²) in [7, 11) is 0. The van der Waals surface area contributed by atoms with E-state index >= 15 is 0 Å². The Hall–Kier alpha value is -1.09. The topological polar surface area (TPSA) is 0 Å². The third-order valence-electron chi connectivity index (χ3n) is 0.940. The van der Waals surface area contributed by atoms with Crippen molar-refractivity contribution in [1.82, 2.24) is 0 Å². The van der Waals surface area contributed by atoms with Crippen molar-refractivity contribution in [2.24, 2.45) is 0 Å². The van der Waals surface area contributed by atoms with Gasteiger partial charge in [-0.2, -0.15) is 0 Å². The van der Waals surface area contributed by atoms with Crippen molar-refractivity contribution in [2.45, 2.75) is 0 Å². The molecule has 0 saturated heterocycles. The lowest BCUT2D eigenvalue weighted by atomic mass is 10.2. The van der Waals surface area contributed by atoms with E-state index in [1.54, 1.807) is 0 Å². The van der Waals surface area contributed by atoms with Crippen LogP contribution in [0, 0.1) is 12.3 Å². The maximum atomic E-state index is 5.10. The van der Waals surface area contributed by atoms with Crippen molar-refractivity contribution in [2.75, 3.05) is 0 Å². The Labute approximate surface area is 65.8 Å². The quantitative estimate of drug-likeness (QED) is 0.356. The third-order valence-corrected chi connectivity index (χ3v) is 0.940. The predicted molar refractivity (Wildman–Crippen MR) is 45.9 cm³/mol. The van der Waals surface area contributed by atoms with Crippen LogP contribution in [0.3, 0.4) is 0 Å². The van der Waals surface area contributed by atoms with E-state index in [0.717, 1.165) is 5.56 Å². The highest BCUT2D eigenvalue weighted by Crippen LogP contribution is 1.92. The largest absolute Gasteiger partial charge is 0.115 e. The smallest absolute Gasteiger partial charge is 0.0242 e. The molecule has 0 aromatic heterocycles. The lowest BCUT2D eigenvalue weighted by molar-refractivity contribution is 1.65. The molecule has 0 nitrogen and oxygen atoms in total. The van der Waals surface area contributed by atoms with Crippen LogP contribution >= 0.6 is 0 Å². The fourth-order valence-electron chi connectivity index (χ4n) is 0.534. The van der Waals surface area contributed by atoms with Crippen LogP contribution in [0.25, 0.3) is 0 Å². The second-order valence-electron chi connectivity index (χ2n) is 1.51. The van der Waals surface area contributed by atoms with Gasteiger partial charge in [-0.15, -0.1) is 6.42 Å². The molecule has 0 aliphatic carbocycles. The van der Waals surface area contributed by atoms with E-state index in [1.165, 1.54) is 0 Å². The zero-order valence-corrected chi connectivity index (χ0v) is 5.62. The summed E-state index contributed by atoms with van der Waals surface area (Å²) in [5.74, 6) is 2.53. The molecule has 6 radical (unpaired) electrons. The molecule has 2 heteroatoms. The molecule has 0 unspecified atom stereocenters. The summed E-state index contributed by atoms with van der Waals surface area (Å²) < 4.78 is 0. The van der Waals surface area contributed by atoms with E-state index in [1.807, 2.05) is 30.3 Å². The van der Waals surface area contributed by atoms with Crippen LogP contribution in [0.2, 0.25) is 0 Å². The minimum Gasteiger partial charge on any atom is -0.115 e. The van der Waals surface area contributed by atoms with Crippen molar-refractivity contribution >= 4 is 16.8 Å². The fraction of sp³-hybridized carbons (Fsp3) is 0. The van der Waals surface area contributed by atoms with Gasteiger partial charge in [-0.1, -0.05) is 24.1 Å². The van der Waals surface area contributed by atoms with Crippen molar-refractivity contribution in [3.63, 3.8) is 0 Å².